The maximum atomic E-state index is 4.04. The van der Waals surface area contributed by atoms with Crippen LogP contribution in [0.25, 0.3) is 0 Å². The van der Waals surface area contributed by atoms with Crippen LogP contribution in [-0.4, -0.2) is 5.33 Å². The molecule has 0 aromatic rings. The molecule has 60 valence electrons. The van der Waals surface area contributed by atoms with E-state index in [1.54, 1.807) is 0 Å². The highest BCUT2D eigenvalue weighted by Gasteiger charge is 2.13. The van der Waals surface area contributed by atoms with Gasteiger partial charge in [0.05, 0.1) is 0 Å². The molecule has 0 spiro atoms. The smallest absolute Gasteiger partial charge is 0.00343 e. The Morgan fingerprint density at radius 2 is 1.90 bits per heavy atom. The first-order valence-electron chi connectivity index (χ1n) is 3.72. The lowest BCUT2D eigenvalue weighted by Gasteiger charge is -2.21. The van der Waals surface area contributed by atoms with E-state index in [4.69, 9.17) is 0 Å². The summed E-state index contributed by atoms with van der Waals surface area (Å²) in [5.41, 5.74) is 1.65. The van der Waals surface area contributed by atoms with Gasteiger partial charge >= 0.3 is 0 Å². The first-order valence-corrected chi connectivity index (χ1v) is 4.85. The van der Waals surface area contributed by atoms with Crippen LogP contribution in [0, 0.1) is 5.41 Å². The summed E-state index contributed by atoms with van der Waals surface area (Å²) in [6, 6.07) is 0. The fourth-order valence-corrected chi connectivity index (χ4v) is 0.936. The molecule has 0 rings (SSSR count). The molecule has 0 amide bonds. The van der Waals surface area contributed by atoms with Crippen LogP contribution in [0.4, 0.5) is 0 Å². The van der Waals surface area contributed by atoms with E-state index in [2.05, 4.69) is 43.3 Å². The van der Waals surface area contributed by atoms with Crippen molar-refractivity contribution < 1.29 is 0 Å². The Balaban J connectivity index is 3.64. The van der Waals surface area contributed by atoms with Gasteiger partial charge in [0.2, 0.25) is 0 Å². The summed E-state index contributed by atoms with van der Waals surface area (Å²) in [6.07, 6.45) is 2.35. The average Bonchev–Trinajstić information content (AvgIpc) is 1.80. The van der Waals surface area contributed by atoms with Gasteiger partial charge in [-0.2, -0.15) is 0 Å². The van der Waals surface area contributed by atoms with Crippen molar-refractivity contribution >= 4 is 15.9 Å². The summed E-state index contributed by atoms with van der Waals surface area (Å²) >= 11 is 3.40. The lowest BCUT2D eigenvalue weighted by Crippen LogP contribution is -2.08. The molecule has 0 fully saturated rings. The number of halogens is 1. The first-order chi connectivity index (χ1) is 4.48. The molecular formula is C9H17Br. The zero-order valence-electron chi connectivity index (χ0n) is 7.21. The van der Waals surface area contributed by atoms with Crippen molar-refractivity contribution in [1.82, 2.24) is 0 Å². The van der Waals surface area contributed by atoms with Crippen LogP contribution in [-0.2, 0) is 0 Å². The molecule has 10 heavy (non-hydrogen) atoms. The molecule has 0 aliphatic heterocycles. The maximum Gasteiger partial charge on any atom is 0.00343 e. The van der Waals surface area contributed by atoms with Crippen LogP contribution >= 0.6 is 15.9 Å². The van der Waals surface area contributed by atoms with Crippen molar-refractivity contribution in [3.63, 3.8) is 0 Å². The molecule has 0 bridgehead atoms. The molecule has 0 unspecified atom stereocenters. The Morgan fingerprint density at radius 3 is 2.20 bits per heavy atom. The zero-order chi connectivity index (χ0) is 8.20. The molecule has 0 atom stereocenters. The van der Waals surface area contributed by atoms with E-state index in [9.17, 15) is 0 Å². The van der Waals surface area contributed by atoms with Gasteiger partial charge < -0.3 is 0 Å². The van der Waals surface area contributed by atoms with Crippen molar-refractivity contribution in [2.24, 2.45) is 5.41 Å². The summed E-state index contributed by atoms with van der Waals surface area (Å²) in [7, 11) is 0. The fourth-order valence-electron chi connectivity index (χ4n) is 0.655. The average molecular weight is 205 g/mol. The normalized spacial score (nSPS) is 11.6. The summed E-state index contributed by atoms with van der Waals surface area (Å²) < 4.78 is 0. The van der Waals surface area contributed by atoms with Crippen LogP contribution < -0.4 is 0 Å². The number of allylic oxidation sites excluding steroid dienone is 1. The highest BCUT2D eigenvalue weighted by molar-refractivity contribution is 9.09. The summed E-state index contributed by atoms with van der Waals surface area (Å²) in [6.45, 7) is 10.7. The summed E-state index contributed by atoms with van der Waals surface area (Å²) in [5.74, 6) is 0. The predicted molar refractivity (Wildman–Crippen MR) is 51.6 cm³/mol. The van der Waals surface area contributed by atoms with E-state index in [0.717, 1.165) is 11.8 Å². The molecular weight excluding hydrogens is 188 g/mol. The topological polar surface area (TPSA) is 0 Å². The van der Waals surface area contributed by atoms with Crippen molar-refractivity contribution in [1.29, 1.82) is 0 Å². The second kappa shape index (κ2) is 4.17. The van der Waals surface area contributed by atoms with Gasteiger partial charge in [0.15, 0.2) is 0 Å². The van der Waals surface area contributed by atoms with Crippen molar-refractivity contribution in [2.45, 2.75) is 33.6 Å². The van der Waals surface area contributed by atoms with Crippen molar-refractivity contribution in [3.05, 3.63) is 12.2 Å². The minimum absolute atomic E-state index is 0.294. The fraction of sp³-hybridized carbons (Fsp3) is 0.778. The Labute approximate surface area is 72.8 Å². The van der Waals surface area contributed by atoms with Crippen LogP contribution in [0.3, 0.4) is 0 Å². The van der Waals surface area contributed by atoms with E-state index in [1.807, 2.05) is 0 Å². The molecule has 1 heteroatoms. The van der Waals surface area contributed by atoms with E-state index in [0.29, 0.717) is 5.41 Å². The number of alkyl halides is 1. The Kier molecular flexibility index (Phi) is 4.26. The van der Waals surface area contributed by atoms with E-state index >= 15 is 0 Å². The van der Waals surface area contributed by atoms with Crippen LogP contribution in [0.15, 0.2) is 12.2 Å². The van der Waals surface area contributed by atoms with Gasteiger partial charge in [-0.05, 0) is 18.3 Å². The summed E-state index contributed by atoms with van der Waals surface area (Å²) in [5, 5.41) is 1.09. The van der Waals surface area contributed by atoms with Crippen LogP contribution in [0.5, 0.6) is 0 Å². The predicted octanol–water partition coefficient (Wildman–Crippen LogP) is 3.76. The van der Waals surface area contributed by atoms with Gasteiger partial charge in [-0.1, -0.05) is 48.9 Å². The zero-order valence-corrected chi connectivity index (χ0v) is 8.79. The number of hydrogen-bond donors (Lipinski definition) is 0. The first kappa shape index (κ1) is 10.2. The number of hydrogen-bond acceptors (Lipinski definition) is 0. The molecule has 0 aliphatic carbocycles. The third-order valence-electron chi connectivity index (χ3n) is 1.67. The molecule has 0 aliphatic rings. The molecule has 0 radical (unpaired) electrons. The van der Waals surface area contributed by atoms with Crippen molar-refractivity contribution in [3.8, 4) is 0 Å². The minimum atomic E-state index is 0.294. The largest absolute Gasteiger partial charge is 0.0993 e. The monoisotopic (exact) mass is 204 g/mol. The SMILES string of the molecule is C=C(CCCBr)C(C)(C)C. The third-order valence-corrected chi connectivity index (χ3v) is 2.23. The van der Waals surface area contributed by atoms with Gasteiger partial charge in [-0.15, -0.1) is 0 Å². The number of rotatable bonds is 3. The molecule has 0 heterocycles. The maximum absolute atomic E-state index is 4.04. The van der Waals surface area contributed by atoms with E-state index in [1.165, 1.54) is 12.0 Å². The Bertz CT molecular complexity index is 108. The van der Waals surface area contributed by atoms with Crippen LogP contribution in [0.2, 0.25) is 0 Å². The molecule has 0 saturated heterocycles. The Morgan fingerprint density at radius 1 is 1.40 bits per heavy atom. The minimum Gasteiger partial charge on any atom is -0.0993 e. The lowest BCUT2D eigenvalue weighted by atomic mass is 9.85. The van der Waals surface area contributed by atoms with Crippen LogP contribution in [0.1, 0.15) is 33.6 Å². The quantitative estimate of drug-likeness (QED) is 0.486. The van der Waals surface area contributed by atoms with Gasteiger partial charge in [-0.3, -0.25) is 0 Å². The molecule has 0 aromatic heterocycles. The Hall–Kier alpha value is 0.220. The molecule has 0 saturated carbocycles. The van der Waals surface area contributed by atoms with Gasteiger partial charge in [0, 0.05) is 5.33 Å². The standard InChI is InChI=1S/C9H17Br/c1-8(6-5-7-10)9(2,3)4/h1,5-7H2,2-4H3. The lowest BCUT2D eigenvalue weighted by molar-refractivity contribution is 0.483. The third kappa shape index (κ3) is 4.10. The second-order valence-corrected chi connectivity index (χ2v) is 4.44. The molecule has 0 nitrogen and oxygen atoms in total. The van der Waals surface area contributed by atoms with Crippen molar-refractivity contribution in [2.75, 3.05) is 5.33 Å². The van der Waals surface area contributed by atoms with Gasteiger partial charge in [0.1, 0.15) is 0 Å². The molecule has 0 N–H and O–H groups in total. The summed E-state index contributed by atoms with van der Waals surface area (Å²) in [4.78, 5) is 0. The van der Waals surface area contributed by atoms with Gasteiger partial charge in [0.25, 0.3) is 0 Å². The van der Waals surface area contributed by atoms with E-state index in [-0.39, 0.29) is 0 Å². The highest BCUT2D eigenvalue weighted by Crippen LogP contribution is 2.26. The highest BCUT2D eigenvalue weighted by atomic mass is 79.9. The van der Waals surface area contributed by atoms with E-state index < -0.39 is 0 Å². The van der Waals surface area contributed by atoms with Gasteiger partial charge in [-0.25, -0.2) is 0 Å². The second-order valence-electron chi connectivity index (χ2n) is 3.65. The molecule has 0 aromatic carbocycles.